The van der Waals surface area contributed by atoms with Gasteiger partial charge in [0.1, 0.15) is 11.0 Å². The minimum atomic E-state index is 0.487. The lowest BCUT2D eigenvalue weighted by atomic mass is 10.1. The van der Waals surface area contributed by atoms with Crippen molar-refractivity contribution in [2.75, 3.05) is 11.9 Å². The second-order valence-electron chi connectivity index (χ2n) is 4.14. The number of anilines is 1. The van der Waals surface area contributed by atoms with Gasteiger partial charge >= 0.3 is 0 Å². The van der Waals surface area contributed by atoms with Crippen molar-refractivity contribution in [1.29, 1.82) is 0 Å². The maximum Gasteiger partial charge on any atom is 0.129 e. The monoisotopic (exact) mass is 247 g/mol. The molecule has 0 saturated heterocycles. The Kier molecular flexibility index (Phi) is 3.29. The Balaban J connectivity index is 2.43. The standard InChI is InChI=1S/C13H14ClN3/c1-8(2)5-16-13-9(3)11-7-15-12(14)4-10(11)6-17-13/h4,6-7H,1,5H2,2-3H3,(H,16,17). The van der Waals surface area contributed by atoms with Crippen LogP contribution in [-0.2, 0) is 0 Å². The number of pyridine rings is 2. The topological polar surface area (TPSA) is 37.8 Å². The Morgan fingerprint density at radius 1 is 1.41 bits per heavy atom. The van der Waals surface area contributed by atoms with Crippen LogP contribution in [0.5, 0.6) is 0 Å². The van der Waals surface area contributed by atoms with Crippen molar-refractivity contribution in [3.05, 3.63) is 41.3 Å². The quantitative estimate of drug-likeness (QED) is 0.666. The van der Waals surface area contributed by atoms with E-state index in [1.807, 2.05) is 19.9 Å². The summed E-state index contributed by atoms with van der Waals surface area (Å²) in [4.78, 5) is 8.48. The summed E-state index contributed by atoms with van der Waals surface area (Å²) in [5.41, 5.74) is 2.15. The van der Waals surface area contributed by atoms with Crippen LogP contribution in [0.1, 0.15) is 12.5 Å². The molecule has 0 atom stereocenters. The molecular formula is C13H14ClN3. The van der Waals surface area contributed by atoms with E-state index in [0.29, 0.717) is 5.15 Å². The summed E-state index contributed by atoms with van der Waals surface area (Å²) in [6.07, 6.45) is 3.58. The summed E-state index contributed by atoms with van der Waals surface area (Å²) >= 11 is 5.85. The maximum atomic E-state index is 5.85. The second-order valence-corrected chi connectivity index (χ2v) is 4.52. The van der Waals surface area contributed by atoms with Crippen molar-refractivity contribution in [3.63, 3.8) is 0 Å². The molecule has 0 amide bonds. The number of hydrogen-bond donors (Lipinski definition) is 1. The highest BCUT2D eigenvalue weighted by atomic mass is 35.5. The first-order chi connectivity index (χ1) is 8.08. The summed E-state index contributed by atoms with van der Waals surface area (Å²) in [5.74, 6) is 0.865. The van der Waals surface area contributed by atoms with E-state index in [9.17, 15) is 0 Å². The van der Waals surface area contributed by atoms with Gasteiger partial charge < -0.3 is 5.32 Å². The molecule has 17 heavy (non-hydrogen) atoms. The molecule has 4 heteroatoms. The van der Waals surface area contributed by atoms with Gasteiger partial charge in [-0.2, -0.15) is 0 Å². The molecular weight excluding hydrogens is 234 g/mol. The lowest BCUT2D eigenvalue weighted by Crippen LogP contribution is -2.05. The molecule has 0 aliphatic carbocycles. The van der Waals surface area contributed by atoms with Crippen molar-refractivity contribution in [1.82, 2.24) is 9.97 Å². The molecule has 2 heterocycles. The number of nitrogens with zero attached hydrogens (tertiary/aromatic N) is 2. The molecule has 0 unspecified atom stereocenters. The van der Waals surface area contributed by atoms with Gasteiger partial charge in [-0.25, -0.2) is 9.97 Å². The van der Waals surface area contributed by atoms with Crippen LogP contribution in [0.4, 0.5) is 5.82 Å². The Labute approximate surface area is 106 Å². The van der Waals surface area contributed by atoms with Crippen LogP contribution in [0.15, 0.2) is 30.6 Å². The fraction of sp³-hybridized carbons (Fsp3) is 0.231. The van der Waals surface area contributed by atoms with Gasteiger partial charge in [-0.15, -0.1) is 0 Å². The molecule has 2 rings (SSSR count). The van der Waals surface area contributed by atoms with Gasteiger partial charge in [-0.1, -0.05) is 23.8 Å². The average Bonchev–Trinajstić information content (AvgIpc) is 2.27. The number of fused-ring (bicyclic) bond motifs is 1. The number of aromatic nitrogens is 2. The van der Waals surface area contributed by atoms with E-state index < -0.39 is 0 Å². The summed E-state index contributed by atoms with van der Waals surface area (Å²) in [5, 5.41) is 5.80. The molecule has 0 spiro atoms. The molecule has 0 aliphatic heterocycles. The SMILES string of the molecule is C=C(C)CNc1ncc2cc(Cl)ncc2c1C. The molecule has 1 N–H and O–H groups in total. The van der Waals surface area contributed by atoms with Crippen molar-refractivity contribution in [3.8, 4) is 0 Å². The van der Waals surface area contributed by atoms with Crippen LogP contribution in [0.3, 0.4) is 0 Å². The summed E-state index contributed by atoms with van der Waals surface area (Å²) in [6.45, 7) is 8.57. The van der Waals surface area contributed by atoms with Crippen LogP contribution in [0, 0.1) is 6.92 Å². The number of hydrogen-bond acceptors (Lipinski definition) is 3. The largest absolute Gasteiger partial charge is 0.366 e. The third kappa shape index (κ3) is 2.56. The normalized spacial score (nSPS) is 10.5. The molecule has 2 aromatic heterocycles. The molecule has 88 valence electrons. The average molecular weight is 248 g/mol. The zero-order valence-corrected chi connectivity index (χ0v) is 10.7. The highest BCUT2D eigenvalue weighted by Crippen LogP contribution is 2.24. The zero-order chi connectivity index (χ0) is 12.4. The van der Waals surface area contributed by atoms with E-state index >= 15 is 0 Å². The first-order valence-corrected chi connectivity index (χ1v) is 5.75. The number of aryl methyl sites for hydroxylation is 1. The summed E-state index contributed by atoms with van der Waals surface area (Å²) < 4.78 is 0. The van der Waals surface area contributed by atoms with Crippen LogP contribution in [-0.4, -0.2) is 16.5 Å². The molecule has 3 nitrogen and oxygen atoms in total. The van der Waals surface area contributed by atoms with Gasteiger partial charge in [0.05, 0.1) is 0 Å². The minimum absolute atomic E-state index is 0.487. The number of rotatable bonds is 3. The van der Waals surface area contributed by atoms with Crippen LogP contribution in [0.2, 0.25) is 5.15 Å². The van der Waals surface area contributed by atoms with Crippen molar-refractivity contribution >= 4 is 28.2 Å². The van der Waals surface area contributed by atoms with E-state index in [0.717, 1.165) is 34.3 Å². The predicted octanol–water partition coefficient (Wildman–Crippen LogP) is 3.58. The van der Waals surface area contributed by atoms with Gasteiger partial charge in [-0.05, 0) is 19.9 Å². The van der Waals surface area contributed by atoms with Crippen LogP contribution >= 0.6 is 11.6 Å². The highest BCUT2D eigenvalue weighted by molar-refractivity contribution is 6.30. The second kappa shape index (κ2) is 4.72. The van der Waals surface area contributed by atoms with E-state index in [4.69, 9.17) is 11.6 Å². The molecule has 2 aromatic rings. The molecule has 0 saturated carbocycles. The summed E-state index contributed by atoms with van der Waals surface area (Å²) in [7, 11) is 0. The number of halogens is 1. The van der Waals surface area contributed by atoms with Crippen molar-refractivity contribution in [2.24, 2.45) is 0 Å². The van der Waals surface area contributed by atoms with E-state index in [1.165, 1.54) is 0 Å². The minimum Gasteiger partial charge on any atom is -0.366 e. The predicted molar refractivity (Wildman–Crippen MR) is 72.6 cm³/mol. The van der Waals surface area contributed by atoms with Crippen molar-refractivity contribution < 1.29 is 0 Å². The Morgan fingerprint density at radius 3 is 2.88 bits per heavy atom. The lowest BCUT2D eigenvalue weighted by molar-refractivity contribution is 1.16. The molecule has 0 fully saturated rings. The first kappa shape index (κ1) is 11.9. The molecule has 0 radical (unpaired) electrons. The van der Waals surface area contributed by atoms with Crippen LogP contribution < -0.4 is 5.32 Å². The Morgan fingerprint density at radius 2 is 2.18 bits per heavy atom. The smallest absolute Gasteiger partial charge is 0.129 e. The number of nitrogens with one attached hydrogen (secondary N) is 1. The van der Waals surface area contributed by atoms with Crippen LogP contribution in [0.25, 0.3) is 10.8 Å². The van der Waals surface area contributed by atoms with E-state index in [1.54, 1.807) is 12.4 Å². The fourth-order valence-electron chi connectivity index (χ4n) is 1.64. The van der Waals surface area contributed by atoms with Gasteiger partial charge in [0.25, 0.3) is 0 Å². The van der Waals surface area contributed by atoms with Gasteiger partial charge in [0.2, 0.25) is 0 Å². The maximum absolute atomic E-state index is 5.85. The third-order valence-electron chi connectivity index (χ3n) is 2.55. The third-order valence-corrected chi connectivity index (χ3v) is 2.76. The Bertz CT molecular complexity index is 578. The zero-order valence-electron chi connectivity index (χ0n) is 9.92. The molecule has 0 aliphatic rings. The first-order valence-electron chi connectivity index (χ1n) is 5.37. The van der Waals surface area contributed by atoms with Gasteiger partial charge in [-0.3, -0.25) is 0 Å². The van der Waals surface area contributed by atoms with Crippen molar-refractivity contribution in [2.45, 2.75) is 13.8 Å². The fourth-order valence-corrected chi connectivity index (χ4v) is 1.80. The molecule has 0 bridgehead atoms. The highest BCUT2D eigenvalue weighted by Gasteiger charge is 2.05. The van der Waals surface area contributed by atoms with Gasteiger partial charge in [0.15, 0.2) is 0 Å². The summed E-state index contributed by atoms with van der Waals surface area (Å²) in [6, 6.07) is 1.82. The lowest BCUT2D eigenvalue weighted by Gasteiger charge is -2.10. The Hall–Kier alpha value is -1.61. The van der Waals surface area contributed by atoms with Gasteiger partial charge in [0, 0.05) is 35.3 Å². The van der Waals surface area contributed by atoms with E-state index in [2.05, 4.69) is 21.9 Å². The molecule has 0 aromatic carbocycles. The van der Waals surface area contributed by atoms with E-state index in [-0.39, 0.29) is 0 Å².